The normalized spacial score (nSPS) is 29.5. The fourth-order valence-electron chi connectivity index (χ4n) is 2.14. The quantitative estimate of drug-likeness (QED) is 0.588. The van der Waals surface area contributed by atoms with Gasteiger partial charge in [-0.15, -0.1) is 0 Å². The van der Waals surface area contributed by atoms with Crippen LogP contribution in [-0.4, -0.2) is 56.6 Å². The third kappa shape index (κ3) is 5.99. The molecule has 2 N–H and O–H groups in total. The molecule has 0 aromatic carbocycles. The van der Waals surface area contributed by atoms with Gasteiger partial charge in [-0.1, -0.05) is 20.8 Å². The molecule has 7 heteroatoms. The molecule has 2 rings (SSSR count). The molecular formula is C14H27NO6. The van der Waals surface area contributed by atoms with Gasteiger partial charge in [-0.05, 0) is 13.0 Å². The average molecular weight is 305 g/mol. The van der Waals surface area contributed by atoms with Gasteiger partial charge >= 0.3 is 5.97 Å². The highest BCUT2D eigenvalue weighted by Gasteiger charge is 2.50. The maximum Gasteiger partial charge on any atom is 0.303 e. The minimum Gasteiger partial charge on any atom is -0.459 e. The van der Waals surface area contributed by atoms with Crippen molar-refractivity contribution in [2.24, 2.45) is 5.73 Å². The predicted molar refractivity (Wildman–Crippen MR) is 76.7 cm³/mol. The molecule has 0 amide bonds. The smallest absolute Gasteiger partial charge is 0.303 e. The summed E-state index contributed by atoms with van der Waals surface area (Å²) in [5.41, 5.74) is 5.14. The fourth-order valence-corrected chi connectivity index (χ4v) is 2.14. The van der Waals surface area contributed by atoms with Gasteiger partial charge in [0.1, 0.15) is 12.2 Å². The second-order valence-corrected chi connectivity index (χ2v) is 4.66. The van der Waals surface area contributed by atoms with E-state index in [1.807, 2.05) is 0 Å². The summed E-state index contributed by atoms with van der Waals surface area (Å²) >= 11 is 0. The first-order valence-corrected chi connectivity index (χ1v) is 6.83. The van der Waals surface area contributed by atoms with Crippen molar-refractivity contribution in [1.29, 1.82) is 0 Å². The molecule has 2 unspecified atom stereocenters. The first-order chi connectivity index (χ1) is 9.63. The van der Waals surface area contributed by atoms with E-state index in [9.17, 15) is 9.59 Å². The van der Waals surface area contributed by atoms with Crippen molar-refractivity contribution in [2.75, 3.05) is 19.8 Å². The first-order valence-electron chi connectivity index (χ1n) is 6.83. The zero-order valence-corrected chi connectivity index (χ0v) is 11.9. The molecule has 4 atom stereocenters. The number of rotatable bonds is 5. The van der Waals surface area contributed by atoms with Crippen molar-refractivity contribution in [1.82, 2.24) is 0 Å². The van der Waals surface area contributed by atoms with E-state index in [1.165, 1.54) is 19.8 Å². The Hall–Kier alpha value is -1.18. The van der Waals surface area contributed by atoms with Crippen LogP contribution in [0.25, 0.3) is 0 Å². The summed E-state index contributed by atoms with van der Waals surface area (Å²) in [4.78, 5) is 21.0. The van der Waals surface area contributed by atoms with Crippen molar-refractivity contribution < 1.29 is 28.5 Å². The van der Waals surface area contributed by atoms with E-state index in [2.05, 4.69) is 6.92 Å². The number of carbonyl (C=O) groups excluding carboxylic acids is 2. The monoisotopic (exact) mass is 305 g/mol. The fraction of sp³-hybridized carbons (Fsp3) is 0.857. The number of nitrogens with two attached hydrogens (primary N) is 1. The number of unbranched alkanes of at least 4 members (excludes halogenated alkanes) is 1. The first kappa shape index (κ1) is 19.8. The Labute approximate surface area is 126 Å². The molecule has 2 aliphatic rings. The van der Waals surface area contributed by atoms with Crippen molar-refractivity contribution in [3.8, 4) is 0 Å². The predicted octanol–water partition coefficient (Wildman–Crippen LogP) is 0.639. The Morgan fingerprint density at radius 3 is 2.29 bits per heavy atom. The molecule has 0 aliphatic carbocycles. The molecule has 0 aromatic heterocycles. The molecular weight excluding hydrogens is 278 g/mol. The molecule has 124 valence electrons. The van der Waals surface area contributed by atoms with Gasteiger partial charge in [0, 0.05) is 6.92 Å². The zero-order valence-electron chi connectivity index (χ0n) is 11.9. The Kier molecular flexibility index (Phi) is 9.94. The summed E-state index contributed by atoms with van der Waals surface area (Å²) in [6.07, 6.45) is 0.954. The molecule has 2 heterocycles. The van der Waals surface area contributed by atoms with E-state index in [-0.39, 0.29) is 38.8 Å². The van der Waals surface area contributed by atoms with Gasteiger partial charge < -0.3 is 24.7 Å². The summed E-state index contributed by atoms with van der Waals surface area (Å²) in [5, 5.41) is 0. The van der Waals surface area contributed by atoms with Crippen molar-refractivity contribution in [3.05, 3.63) is 0 Å². The van der Waals surface area contributed by atoms with Crippen LogP contribution in [0.1, 0.15) is 34.1 Å². The largest absolute Gasteiger partial charge is 0.459 e. The number of fused-ring (bicyclic) bond motifs is 1. The third-order valence-corrected chi connectivity index (χ3v) is 3.07. The molecule has 7 nitrogen and oxygen atoms in total. The second-order valence-electron chi connectivity index (χ2n) is 4.66. The van der Waals surface area contributed by atoms with E-state index < -0.39 is 12.2 Å². The highest BCUT2D eigenvalue weighted by atomic mass is 16.7. The van der Waals surface area contributed by atoms with Gasteiger partial charge in [-0.25, -0.2) is 0 Å². The van der Waals surface area contributed by atoms with Crippen LogP contribution in [-0.2, 0) is 28.5 Å². The molecule has 21 heavy (non-hydrogen) atoms. The van der Waals surface area contributed by atoms with Crippen LogP contribution in [0.3, 0.4) is 0 Å². The lowest BCUT2D eigenvalue weighted by atomic mass is 10.1. The third-order valence-electron chi connectivity index (χ3n) is 3.07. The van der Waals surface area contributed by atoms with Crippen molar-refractivity contribution in [2.45, 2.75) is 58.5 Å². The van der Waals surface area contributed by atoms with E-state index in [4.69, 9.17) is 24.7 Å². The number of hydrogen-bond acceptors (Lipinski definition) is 7. The lowest BCUT2D eigenvalue weighted by molar-refractivity contribution is -0.151. The van der Waals surface area contributed by atoms with Crippen LogP contribution < -0.4 is 5.73 Å². The average Bonchev–Trinajstić information content (AvgIpc) is 2.96. The molecule has 2 fully saturated rings. The summed E-state index contributed by atoms with van der Waals surface area (Å²) in [5.74, 6) is -0.368. The van der Waals surface area contributed by atoms with E-state index in [0.29, 0.717) is 6.47 Å². The molecule has 0 bridgehead atoms. The molecule has 0 spiro atoms. The van der Waals surface area contributed by atoms with Gasteiger partial charge in [0.2, 0.25) is 0 Å². The van der Waals surface area contributed by atoms with E-state index >= 15 is 0 Å². The van der Waals surface area contributed by atoms with Gasteiger partial charge in [-0.3, -0.25) is 9.59 Å². The molecule has 0 radical (unpaired) electrons. The SMILES string of the molecule is C.CC(=O)O[C@@H]1COC2C1OC[C@H]2OC=O.CCCCN. The van der Waals surface area contributed by atoms with Crippen molar-refractivity contribution >= 4 is 12.4 Å². The Bertz CT molecular complexity index is 310. The summed E-state index contributed by atoms with van der Waals surface area (Å²) in [7, 11) is 0. The highest BCUT2D eigenvalue weighted by Crippen LogP contribution is 2.30. The summed E-state index contributed by atoms with van der Waals surface area (Å²) in [6, 6.07) is 0. The Balaban J connectivity index is 0.000000583. The van der Waals surface area contributed by atoms with Gasteiger partial charge in [0.25, 0.3) is 6.47 Å². The van der Waals surface area contributed by atoms with E-state index in [1.54, 1.807) is 0 Å². The topological polar surface area (TPSA) is 97.1 Å². The minimum absolute atomic E-state index is 0. The zero-order chi connectivity index (χ0) is 15.0. The lowest BCUT2D eigenvalue weighted by Gasteiger charge is -2.15. The van der Waals surface area contributed by atoms with Crippen LogP contribution in [0.2, 0.25) is 0 Å². The van der Waals surface area contributed by atoms with E-state index in [0.717, 1.165) is 6.54 Å². The maximum atomic E-state index is 10.8. The molecule has 0 saturated carbocycles. The number of esters is 1. The molecule has 2 saturated heterocycles. The number of carbonyl (C=O) groups is 2. The van der Waals surface area contributed by atoms with Crippen LogP contribution in [0, 0.1) is 0 Å². The van der Waals surface area contributed by atoms with Gasteiger partial charge in [0.15, 0.2) is 12.2 Å². The maximum absolute atomic E-state index is 10.8. The van der Waals surface area contributed by atoms with Crippen molar-refractivity contribution in [3.63, 3.8) is 0 Å². The minimum atomic E-state index is -0.396. The standard InChI is InChI=1S/C9H12O6.C4H11N.CH4/c1-5(11)15-7-3-13-8-6(14-4-10)2-12-9(7)8;1-2-3-4-5;/h4,6-9H,2-3H2,1H3;2-5H2,1H3;1H4/t6-,7-,8?,9?;;/m1../s1. The highest BCUT2D eigenvalue weighted by molar-refractivity contribution is 5.66. The van der Waals surface area contributed by atoms with Gasteiger partial charge in [0.05, 0.1) is 13.2 Å². The second kappa shape index (κ2) is 10.5. The number of ether oxygens (including phenoxy) is 4. The Morgan fingerprint density at radius 1 is 1.29 bits per heavy atom. The van der Waals surface area contributed by atoms with Gasteiger partial charge in [-0.2, -0.15) is 0 Å². The summed E-state index contributed by atoms with van der Waals surface area (Å²) in [6.45, 7) is 5.25. The van der Waals surface area contributed by atoms with Crippen LogP contribution >= 0.6 is 0 Å². The molecule has 2 aliphatic heterocycles. The van der Waals surface area contributed by atoms with Crippen LogP contribution in [0.5, 0.6) is 0 Å². The lowest BCUT2D eigenvalue weighted by Crippen LogP contribution is -2.34. The van der Waals surface area contributed by atoms with Crippen LogP contribution in [0.15, 0.2) is 0 Å². The molecule has 0 aromatic rings. The number of hydrogen-bond donors (Lipinski definition) is 1. The Morgan fingerprint density at radius 2 is 1.86 bits per heavy atom. The summed E-state index contributed by atoms with van der Waals surface area (Å²) < 4.78 is 20.6. The van der Waals surface area contributed by atoms with Crippen LogP contribution in [0.4, 0.5) is 0 Å².